The van der Waals surface area contributed by atoms with Gasteiger partial charge in [-0.1, -0.05) is 6.92 Å². The molecule has 1 saturated heterocycles. The zero-order valence-corrected chi connectivity index (χ0v) is 13.7. The van der Waals surface area contributed by atoms with Gasteiger partial charge in [-0.25, -0.2) is 21.6 Å². The van der Waals surface area contributed by atoms with Gasteiger partial charge in [0.15, 0.2) is 9.84 Å². The predicted molar refractivity (Wildman–Crippen MR) is 82.8 cm³/mol. The Kier molecular flexibility index (Phi) is 4.60. The Balaban J connectivity index is 2.12. The monoisotopic (exact) mass is 332 g/mol. The van der Waals surface area contributed by atoms with Gasteiger partial charge in [0.05, 0.1) is 10.1 Å². The van der Waals surface area contributed by atoms with Crippen LogP contribution in [0.5, 0.6) is 0 Å². The quantitative estimate of drug-likeness (QED) is 0.854. The summed E-state index contributed by atoms with van der Waals surface area (Å²) in [6, 6.07) is 6.55. The van der Waals surface area contributed by atoms with Crippen LogP contribution in [0.3, 0.4) is 0 Å². The van der Waals surface area contributed by atoms with Crippen LogP contribution in [0.15, 0.2) is 29.2 Å². The Labute approximate surface area is 126 Å². The van der Waals surface area contributed by atoms with Gasteiger partial charge < -0.3 is 4.90 Å². The minimum atomic E-state index is -3.27. The van der Waals surface area contributed by atoms with Crippen LogP contribution in [0.25, 0.3) is 0 Å². The van der Waals surface area contributed by atoms with E-state index in [1.807, 2.05) is 4.90 Å². The van der Waals surface area contributed by atoms with Gasteiger partial charge in [0.25, 0.3) is 0 Å². The van der Waals surface area contributed by atoms with Gasteiger partial charge in [0, 0.05) is 31.6 Å². The Morgan fingerprint density at radius 2 is 1.81 bits per heavy atom. The highest BCUT2D eigenvalue weighted by Gasteiger charge is 2.32. The molecular weight excluding hydrogens is 312 g/mol. The lowest BCUT2D eigenvalue weighted by molar-refractivity contribution is 0.570. The number of anilines is 1. The van der Waals surface area contributed by atoms with E-state index in [0.717, 1.165) is 11.9 Å². The van der Waals surface area contributed by atoms with E-state index in [1.54, 1.807) is 31.2 Å². The highest BCUT2D eigenvalue weighted by atomic mass is 32.2. The molecule has 0 aliphatic carbocycles. The molecule has 1 aliphatic rings. The van der Waals surface area contributed by atoms with Gasteiger partial charge in [-0.3, -0.25) is 0 Å². The fourth-order valence-electron chi connectivity index (χ4n) is 2.44. The maximum atomic E-state index is 12.0. The van der Waals surface area contributed by atoms with Crippen LogP contribution in [0.1, 0.15) is 13.3 Å². The molecule has 21 heavy (non-hydrogen) atoms. The number of rotatable bonds is 5. The number of nitrogens with one attached hydrogen (secondary N) is 1. The molecule has 0 amide bonds. The average Bonchev–Trinajstić information content (AvgIpc) is 2.88. The van der Waals surface area contributed by atoms with Crippen molar-refractivity contribution in [3.8, 4) is 0 Å². The van der Waals surface area contributed by atoms with E-state index in [2.05, 4.69) is 4.72 Å². The predicted octanol–water partition coefficient (Wildman–Crippen LogP) is 0.608. The maximum absolute atomic E-state index is 12.0. The lowest BCUT2D eigenvalue weighted by Crippen LogP contribution is -2.36. The number of sulfone groups is 1. The molecule has 1 aromatic carbocycles. The SMILES string of the molecule is CCNS(=O)(=O)C1CCN(c2ccc(S(C)(=O)=O)cc2)C1. The fourth-order valence-corrected chi connectivity index (χ4v) is 4.50. The van der Waals surface area contributed by atoms with Crippen LogP contribution in [0, 0.1) is 0 Å². The van der Waals surface area contributed by atoms with Crippen molar-refractivity contribution in [3.63, 3.8) is 0 Å². The van der Waals surface area contributed by atoms with Crippen molar-refractivity contribution in [2.75, 3.05) is 30.8 Å². The second-order valence-corrected chi connectivity index (χ2v) is 9.23. The van der Waals surface area contributed by atoms with Crippen LogP contribution in [-0.2, 0) is 19.9 Å². The number of nitrogens with zero attached hydrogens (tertiary/aromatic N) is 1. The van der Waals surface area contributed by atoms with Crippen LogP contribution in [0.2, 0.25) is 0 Å². The first kappa shape index (κ1) is 16.3. The number of hydrogen-bond acceptors (Lipinski definition) is 5. The minimum Gasteiger partial charge on any atom is -0.370 e. The van der Waals surface area contributed by atoms with E-state index in [1.165, 1.54) is 0 Å². The molecule has 1 N–H and O–H groups in total. The first-order chi connectivity index (χ1) is 9.74. The van der Waals surface area contributed by atoms with Crippen LogP contribution in [0.4, 0.5) is 5.69 Å². The van der Waals surface area contributed by atoms with Crippen molar-refractivity contribution in [1.29, 1.82) is 0 Å². The number of sulfonamides is 1. The summed E-state index contributed by atoms with van der Waals surface area (Å²) in [4.78, 5) is 2.23. The lowest BCUT2D eigenvalue weighted by Gasteiger charge is -2.19. The second-order valence-electron chi connectivity index (χ2n) is 5.17. The van der Waals surface area contributed by atoms with Crippen molar-refractivity contribution in [1.82, 2.24) is 4.72 Å². The van der Waals surface area contributed by atoms with Gasteiger partial charge in [0.1, 0.15) is 0 Å². The van der Waals surface area contributed by atoms with Gasteiger partial charge in [-0.05, 0) is 30.7 Å². The smallest absolute Gasteiger partial charge is 0.216 e. The first-order valence-corrected chi connectivity index (χ1v) is 10.2. The lowest BCUT2D eigenvalue weighted by atomic mass is 10.3. The average molecular weight is 332 g/mol. The zero-order valence-electron chi connectivity index (χ0n) is 12.1. The molecule has 8 heteroatoms. The van der Waals surface area contributed by atoms with Crippen molar-refractivity contribution in [3.05, 3.63) is 24.3 Å². The van der Waals surface area contributed by atoms with Gasteiger partial charge in [-0.15, -0.1) is 0 Å². The molecule has 1 atom stereocenters. The van der Waals surface area contributed by atoms with E-state index >= 15 is 0 Å². The zero-order chi connectivity index (χ0) is 15.7. The Morgan fingerprint density at radius 3 is 2.33 bits per heavy atom. The molecule has 0 spiro atoms. The Morgan fingerprint density at radius 1 is 1.19 bits per heavy atom. The summed E-state index contributed by atoms with van der Waals surface area (Å²) >= 11 is 0. The summed E-state index contributed by atoms with van der Waals surface area (Å²) in [5.41, 5.74) is 0.844. The van der Waals surface area contributed by atoms with Crippen molar-refractivity contribution < 1.29 is 16.8 Å². The molecule has 1 heterocycles. The molecule has 118 valence electrons. The third-order valence-corrected chi connectivity index (χ3v) is 6.64. The Bertz CT molecular complexity index is 696. The maximum Gasteiger partial charge on any atom is 0.216 e. The molecule has 0 aromatic heterocycles. The minimum absolute atomic E-state index is 0.266. The largest absolute Gasteiger partial charge is 0.370 e. The van der Waals surface area contributed by atoms with Gasteiger partial charge >= 0.3 is 0 Å². The van der Waals surface area contributed by atoms with Crippen molar-refractivity contribution in [2.45, 2.75) is 23.5 Å². The number of benzene rings is 1. The standard InChI is InChI=1S/C13H20N2O4S2/c1-3-14-21(18,19)13-8-9-15(10-13)11-4-6-12(7-5-11)20(2,16)17/h4-7,13-14H,3,8-10H2,1-2H3. The summed E-state index contributed by atoms with van der Waals surface area (Å²) in [7, 11) is -6.48. The summed E-state index contributed by atoms with van der Waals surface area (Å²) in [5, 5.41) is -0.424. The highest BCUT2D eigenvalue weighted by Crippen LogP contribution is 2.24. The van der Waals surface area contributed by atoms with Crippen molar-refractivity contribution >= 4 is 25.5 Å². The summed E-state index contributed by atoms with van der Waals surface area (Å²) < 4.78 is 49.3. The number of hydrogen-bond donors (Lipinski definition) is 1. The fraction of sp³-hybridized carbons (Fsp3) is 0.538. The van der Waals surface area contributed by atoms with E-state index in [0.29, 0.717) is 26.1 Å². The summed E-state index contributed by atoms with van der Waals surface area (Å²) in [6.45, 7) is 3.22. The topological polar surface area (TPSA) is 83.6 Å². The molecule has 0 radical (unpaired) electrons. The van der Waals surface area contributed by atoms with Crippen LogP contribution in [-0.4, -0.2) is 48.0 Å². The van der Waals surface area contributed by atoms with E-state index in [9.17, 15) is 16.8 Å². The molecule has 1 aromatic rings. The molecular formula is C13H20N2O4S2. The highest BCUT2D eigenvalue weighted by molar-refractivity contribution is 7.90. The van der Waals surface area contributed by atoms with E-state index in [-0.39, 0.29) is 4.90 Å². The molecule has 0 bridgehead atoms. The van der Waals surface area contributed by atoms with Crippen LogP contribution >= 0.6 is 0 Å². The molecule has 1 aliphatic heterocycles. The second kappa shape index (κ2) is 5.94. The van der Waals surface area contributed by atoms with Crippen molar-refractivity contribution in [2.24, 2.45) is 0 Å². The third-order valence-electron chi connectivity index (χ3n) is 3.56. The molecule has 0 saturated carbocycles. The summed E-state index contributed by atoms with van der Waals surface area (Å²) in [6.07, 6.45) is 1.74. The first-order valence-electron chi connectivity index (χ1n) is 6.77. The van der Waals surface area contributed by atoms with Gasteiger partial charge in [0.2, 0.25) is 10.0 Å². The van der Waals surface area contributed by atoms with Gasteiger partial charge in [-0.2, -0.15) is 0 Å². The third kappa shape index (κ3) is 3.75. The Hall–Kier alpha value is -1.12. The normalized spacial score (nSPS) is 19.9. The van der Waals surface area contributed by atoms with E-state index < -0.39 is 25.1 Å². The summed E-state index contributed by atoms with van der Waals surface area (Å²) in [5.74, 6) is 0. The van der Waals surface area contributed by atoms with E-state index in [4.69, 9.17) is 0 Å². The molecule has 2 rings (SSSR count). The van der Waals surface area contributed by atoms with Crippen LogP contribution < -0.4 is 9.62 Å². The molecule has 1 unspecified atom stereocenters. The molecule has 1 fully saturated rings. The molecule has 6 nitrogen and oxygen atoms in total.